The molecule has 116 valence electrons. The predicted octanol–water partition coefficient (Wildman–Crippen LogP) is 0.286. The average Bonchev–Trinajstić information content (AvgIpc) is 2.37. The van der Waals surface area contributed by atoms with Gasteiger partial charge in [-0.1, -0.05) is 0 Å². The minimum absolute atomic E-state index is 0.000110. The highest BCUT2D eigenvalue weighted by atomic mass is 16.4. The molecule has 1 aliphatic heterocycles. The maximum atomic E-state index is 12.0. The van der Waals surface area contributed by atoms with Gasteiger partial charge in [-0.25, -0.2) is 0 Å². The van der Waals surface area contributed by atoms with Gasteiger partial charge in [-0.15, -0.1) is 0 Å². The molecule has 6 heteroatoms. The third-order valence-corrected chi connectivity index (χ3v) is 3.62. The molecule has 1 amide bonds. The van der Waals surface area contributed by atoms with Crippen molar-refractivity contribution in [2.24, 2.45) is 5.92 Å². The SMILES string of the molecule is CC(C)NC(=O)C(C)N1CCCC(CNCC(=O)O)C1. The number of carboxylic acids is 1. The lowest BCUT2D eigenvalue weighted by Crippen LogP contribution is -2.51. The number of nitrogens with zero attached hydrogens (tertiary/aromatic N) is 1. The number of rotatable bonds is 7. The summed E-state index contributed by atoms with van der Waals surface area (Å²) in [5, 5.41) is 14.5. The Morgan fingerprint density at radius 3 is 2.65 bits per heavy atom. The quantitative estimate of drug-likeness (QED) is 0.626. The highest BCUT2D eigenvalue weighted by molar-refractivity contribution is 5.81. The van der Waals surface area contributed by atoms with Gasteiger partial charge in [-0.2, -0.15) is 0 Å². The molecule has 2 atom stereocenters. The summed E-state index contributed by atoms with van der Waals surface area (Å²) in [5.41, 5.74) is 0. The zero-order valence-electron chi connectivity index (χ0n) is 12.7. The van der Waals surface area contributed by atoms with Crippen molar-refractivity contribution in [3.05, 3.63) is 0 Å². The molecule has 20 heavy (non-hydrogen) atoms. The number of carbonyl (C=O) groups is 2. The van der Waals surface area contributed by atoms with E-state index in [1.54, 1.807) is 0 Å². The number of carboxylic acid groups (broad SMARTS) is 1. The first kappa shape index (κ1) is 16.9. The van der Waals surface area contributed by atoms with Crippen molar-refractivity contribution in [2.45, 2.75) is 45.7 Å². The molecule has 0 aromatic rings. The largest absolute Gasteiger partial charge is 0.480 e. The summed E-state index contributed by atoms with van der Waals surface area (Å²) in [7, 11) is 0. The van der Waals surface area contributed by atoms with E-state index in [9.17, 15) is 9.59 Å². The van der Waals surface area contributed by atoms with Crippen LogP contribution < -0.4 is 10.6 Å². The summed E-state index contributed by atoms with van der Waals surface area (Å²) in [5.74, 6) is -0.348. The van der Waals surface area contributed by atoms with Crippen LogP contribution in [0.25, 0.3) is 0 Å². The van der Waals surface area contributed by atoms with Crippen LogP contribution in [0.5, 0.6) is 0 Å². The fourth-order valence-electron chi connectivity index (χ4n) is 2.57. The smallest absolute Gasteiger partial charge is 0.317 e. The van der Waals surface area contributed by atoms with Crippen molar-refractivity contribution in [3.63, 3.8) is 0 Å². The van der Waals surface area contributed by atoms with E-state index in [0.717, 1.165) is 25.9 Å². The Bertz CT molecular complexity index is 334. The first-order valence-corrected chi connectivity index (χ1v) is 7.37. The van der Waals surface area contributed by atoms with Crippen LogP contribution in [-0.2, 0) is 9.59 Å². The summed E-state index contributed by atoms with van der Waals surface area (Å²) in [6, 6.07) is 0.0300. The molecule has 1 rings (SSSR count). The number of carbonyl (C=O) groups excluding carboxylic acids is 1. The summed E-state index contributed by atoms with van der Waals surface area (Å²) in [6.07, 6.45) is 2.14. The van der Waals surface area contributed by atoms with Gasteiger partial charge in [0.25, 0.3) is 0 Å². The molecule has 0 aromatic carbocycles. The van der Waals surface area contributed by atoms with Crippen LogP contribution in [-0.4, -0.2) is 60.1 Å². The average molecular weight is 285 g/mol. The van der Waals surface area contributed by atoms with Crippen LogP contribution in [0.15, 0.2) is 0 Å². The van der Waals surface area contributed by atoms with Gasteiger partial charge in [-0.05, 0) is 52.6 Å². The van der Waals surface area contributed by atoms with Crippen molar-refractivity contribution in [3.8, 4) is 0 Å². The maximum Gasteiger partial charge on any atom is 0.317 e. The molecular weight excluding hydrogens is 258 g/mol. The summed E-state index contributed by atoms with van der Waals surface area (Å²) < 4.78 is 0. The van der Waals surface area contributed by atoms with Gasteiger partial charge in [0.05, 0.1) is 12.6 Å². The van der Waals surface area contributed by atoms with Gasteiger partial charge in [0.1, 0.15) is 0 Å². The molecule has 2 unspecified atom stereocenters. The lowest BCUT2D eigenvalue weighted by Gasteiger charge is -2.36. The molecule has 1 fully saturated rings. The second-order valence-corrected chi connectivity index (χ2v) is 5.87. The van der Waals surface area contributed by atoms with Crippen molar-refractivity contribution in [2.75, 3.05) is 26.2 Å². The van der Waals surface area contributed by atoms with Crippen LogP contribution >= 0.6 is 0 Å². The van der Waals surface area contributed by atoms with Crippen LogP contribution in [0, 0.1) is 5.92 Å². The lowest BCUT2D eigenvalue weighted by atomic mass is 9.96. The Balaban J connectivity index is 2.39. The molecule has 0 bridgehead atoms. The van der Waals surface area contributed by atoms with Crippen LogP contribution in [0.3, 0.4) is 0 Å². The van der Waals surface area contributed by atoms with Crippen LogP contribution in [0.1, 0.15) is 33.6 Å². The molecular formula is C14H27N3O3. The second-order valence-electron chi connectivity index (χ2n) is 5.87. The zero-order valence-corrected chi connectivity index (χ0v) is 12.7. The third kappa shape index (κ3) is 5.88. The van der Waals surface area contributed by atoms with Gasteiger partial charge in [-0.3, -0.25) is 14.5 Å². The fourth-order valence-corrected chi connectivity index (χ4v) is 2.57. The van der Waals surface area contributed by atoms with E-state index in [1.807, 2.05) is 20.8 Å². The predicted molar refractivity (Wildman–Crippen MR) is 77.5 cm³/mol. The highest BCUT2D eigenvalue weighted by Gasteiger charge is 2.27. The third-order valence-electron chi connectivity index (χ3n) is 3.62. The minimum Gasteiger partial charge on any atom is -0.480 e. The van der Waals surface area contributed by atoms with E-state index in [2.05, 4.69) is 15.5 Å². The molecule has 0 spiro atoms. The number of likely N-dealkylation sites (tertiary alicyclic amines) is 1. The first-order chi connectivity index (χ1) is 9.40. The number of piperidine rings is 1. The zero-order chi connectivity index (χ0) is 15.1. The van der Waals surface area contributed by atoms with Crippen molar-refractivity contribution >= 4 is 11.9 Å². The van der Waals surface area contributed by atoms with E-state index in [-0.39, 0.29) is 24.5 Å². The minimum atomic E-state index is -0.831. The lowest BCUT2D eigenvalue weighted by molar-refractivity contribution is -0.136. The molecule has 0 aromatic heterocycles. The summed E-state index contributed by atoms with van der Waals surface area (Å²) >= 11 is 0. The van der Waals surface area contributed by atoms with Crippen molar-refractivity contribution < 1.29 is 14.7 Å². The van der Waals surface area contributed by atoms with E-state index >= 15 is 0 Å². The number of hydrogen-bond acceptors (Lipinski definition) is 4. The maximum absolute atomic E-state index is 12.0. The molecule has 0 radical (unpaired) electrons. The number of hydrogen-bond donors (Lipinski definition) is 3. The van der Waals surface area contributed by atoms with Crippen LogP contribution in [0.2, 0.25) is 0 Å². The van der Waals surface area contributed by atoms with Gasteiger partial charge >= 0.3 is 5.97 Å². The Morgan fingerprint density at radius 1 is 1.35 bits per heavy atom. The standard InChI is InChI=1S/C14H27N3O3/c1-10(2)16-14(20)11(3)17-6-4-5-12(9-17)7-15-8-13(18)19/h10-12,15H,4-9H2,1-3H3,(H,16,20)(H,18,19). The number of aliphatic carboxylic acids is 1. The van der Waals surface area contributed by atoms with Gasteiger partial charge in [0, 0.05) is 12.6 Å². The summed E-state index contributed by atoms with van der Waals surface area (Å²) in [6.45, 7) is 8.33. The van der Waals surface area contributed by atoms with Gasteiger partial charge < -0.3 is 15.7 Å². The normalized spacial score (nSPS) is 21.7. The Kier molecular flexibility index (Phi) is 6.95. The fraction of sp³-hybridized carbons (Fsp3) is 0.857. The Labute approximate surface area is 120 Å². The Hall–Kier alpha value is -1.14. The topological polar surface area (TPSA) is 81.7 Å². The molecule has 1 aliphatic rings. The number of amides is 1. The van der Waals surface area contributed by atoms with Gasteiger partial charge in [0.15, 0.2) is 0 Å². The van der Waals surface area contributed by atoms with Crippen molar-refractivity contribution in [1.29, 1.82) is 0 Å². The van der Waals surface area contributed by atoms with Crippen LogP contribution in [0.4, 0.5) is 0 Å². The molecule has 1 heterocycles. The van der Waals surface area contributed by atoms with E-state index in [4.69, 9.17) is 5.11 Å². The van der Waals surface area contributed by atoms with E-state index < -0.39 is 5.97 Å². The monoisotopic (exact) mass is 285 g/mol. The molecule has 3 N–H and O–H groups in total. The van der Waals surface area contributed by atoms with Gasteiger partial charge in [0.2, 0.25) is 5.91 Å². The van der Waals surface area contributed by atoms with E-state index in [1.165, 1.54) is 0 Å². The number of nitrogens with one attached hydrogen (secondary N) is 2. The Morgan fingerprint density at radius 2 is 2.05 bits per heavy atom. The first-order valence-electron chi connectivity index (χ1n) is 7.37. The summed E-state index contributed by atoms with van der Waals surface area (Å²) in [4.78, 5) is 24.7. The molecule has 1 saturated heterocycles. The molecule has 6 nitrogen and oxygen atoms in total. The molecule has 0 saturated carbocycles. The highest BCUT2D eigenvalue weighted by Crippen LogP contribution is 2.18. The second kappa shape index (κ2) is 8.21. The van der Waals surface area contributed by atoms with Crippen molar-refractivity contribution in [1.82, 2.24) is 15.5 Å². The molecule has 0 aliphatic carbocycles. The van der Waals surface area contributed by atoms with E-state index in [0.29, 0.717) is 12.5 Å².